The van der Waals surface area contributed by atoms with E-state index < -0.39 is 14.9 Å². The zero-order valence-electron chi connectivity index (χ0n) is 18.7. The molecule has 0 bridgehead atoms. The minimum atomic E-state index is -3.90. The smallest absolute Gasteiger partial charge is 0.269 e. The van der Waals surface area contributed by atoms with Crippen molar-refractivity contribution >= 4 is 38.9 Å². The minimum Gasteiger partial charge on any atom is -0.375 e. The molecule has 0 atom stereocenters. The molecule has 0 spiro atoms. The van der Waals surface area contributed by atoms with Crippen molar-refractivity contribution in [3.8, 4) is 0 Å². The number of non-ortho nitro benzene ring substituents is 1. The molecule has 0 fully saturated rings. The number of nitro benzene ring substituents is 1. The van der Waals surface area contributed by atoms with Crippen LogP contribution in [0.4, 0.5) is 17.1 Å². The number of carbonyl (C=O) groups is 2. The van der Waals surface area contributed by atoms with Crippen LogP contribution in [-0.4, -0.2) is 50.2 Å². The summed E-state index contributed by atoms with van der Waals surface area (Å²) in [5, 5.41) is 10.8. The van der Waals surface area contributed by atoms with Gasteiger partial charge in [0.25, 0.3) is 27.5 Å². The van der Waals surface area contributed by atoms with E-state index in [0.29, 0.717) is 36.3 Å². The highest BCUT2D eigenvalue weighted by molar-refractivity contribution is 7.92. The van der Waals surface area contributed by atoms with Crippen LogP contribution in [0.15, 0.2) is 77.7 Å². The highest BCUT2D eigenvalue weighted by atomic mass is 32.2. The minimum absolute atomic E-state index is 0.0857. The first kappa shape index (κ1) is 23.9. The number of sulfonamides is 1. The van der Waals surface area contributed by atoms with Crippen LogP contribution in [-0.2, 0) is 10.0 Å². The monoisotopic (exact) mass is 494 g/mol. The van der Waals surface area contributed by atoms with Gasteiger partial charge in [-0.2, -0.15) is 0 Å². The van der Waals surface area contributed by atoms with Gasteiger partial charge in [-0.3, -0.25) is 29.3 Å². The molecule has 3 aromatic rings. The molecule has 3 aromatic carbocycles. The fraction of sp³-hybridized carbons (Fsp3) is 0.167. The van der Waals surface area contributed by atoms with Crippen molar-refractivity contribution in [2.24, 2.45) is 0 Å². The molecule has 1 aliphatic heterocycles. The van der Waals surface area contributed by atoms with Crippen molar-refractivity contribution in [3.63, 3.8) is 0 Å². The van der Waals surface area contributed by atoms with E-state index in [1.807, 2.05) is 11.9 Å². The van der Waals surface area contributed by atoms with Gasteiger partial charge in [0.1, 0.15) is 0 Å². The number of imide groups is 1. The van der Waals surface area contributed by atoms with E-state index in [2.05, 4.69) is 4.72 Å². The van der Waals surface area contributed by atoms with Crippen molar-refractivity contribution in [1.82, 2.24) is 4.90 Å². The fourth-order valence-corrected chi connectivity index (χ4v) is 4.84. The number of amides is 2. The Morgan fingerprint density at radius 3 is 2.03 bits per heavy atom. The molecule has 35 heavy (non-hydrogen) atoms. The number of nitro groups is 1. The van der Waals surface area contributed by atoms with Crippen molar-refractivity contribution in [2.45, 2.75) is 11.3 Å². The lowest BCUT2D eigenvalue weighted by atomic mass is 10.1. The molecule has 0 aliphatic carbocycles. The Bertz CT molecular complexity index is 1350. The maximum atomic E-state index is 12.6. The second-order valence-corrected chi connectivity index (χ2v) is 9.67. The summed E-state index contributed by atoms with van der Waals surface area (Å²) in [6.45, 7) is 0.866. The van der Waals surface area contributed by atoms with Gasteiger partial charge in [0.05, 0.1) is 20.9 Å². The number of benzene rings is 3. The first-order valence-electron chi connectivity index (χ1n) is 10.7. The van der Waals surface area contributed by atoms with Gasteiger partial charge in [-0.15, -0.1) is 0 Å². The van der Waals surface area contributed by atoms with Gasteiger partial charge in [-0.05, 0) is 55.0 Å². The average Bonchev–Trinajstić information content (AvgIpc) is 3.09. The van der Waals surface area contributed by atoms with E-state index in [-0.39, 0.29) is 22.4 Å². The van der Waals surface area contributed by atoms with Gasteiger partial charge >= 0.3 is 0 Å². The van der Waals surface area contributed by atoms with Gasteiger partial charge in [0.15, 0.2) is 0 Å². The number of rotatable bonds is 9. The lowest BCUT2D eigenvalue weighted by molar-refractivity contribution is -0.384. The Balaban J connectivity index is 1.33. The van der Waals surface area contributed by atoms with Gasteiger partial charge in [-0.25, -0.2) is 8.42 Å². The second-order valence-electron chi connectivity index (χ2n) is 7.99. The quantitative estimate of drug-likeness (QED) is 0.274. The number of fused-ring (bicyclic) bond motifs is 1. The van der Waals surface area contributed by atoms with Crippen LogP contribution in [0.25, 0.3) is 0 Å². The first-order chi connectivity index (χ1) is 16.7. The van der Waals surface area contributed by atoms with Gasteiger partial charge in [0.2, 0.25) is 0 Å². The molecule has 0 radical (unpaired) electrons. The number of hydrogen-bond donors (Lipinski definition) is 1. The fourth-order valence-electron chi connectivity index (χ4n) is 3.78. The predicted molar refractivity (Wildman–Crippen MR) is 130 cm³/mol. The van der Waals surface area contributed by atoms with Crippen LogP contribution in [0.5, 0.6) is 0 Å². The van der Waals surface area contributed by atoms with E-state index in [1.165, 1.54) is 17.0 Å². The highest BCUT2D eigenvalue weighted by Crippen LogP contribution is 2.24. The van der Waals surface area contributed by atoms with Crippen molar-refractivity contribution in [3.05, 3.63) is 94.0 Å². The summed E-state index contributed by atoms with van der Waals surface area (Å²) in [7, 11) is -2.04. The molecular formula is C24H22N4O6S. The molecule has 1 aliphatic rings. The second kappa shape index (κ2) is 9.55. The molecule has 10 nitrogen and oxygen atoms in total. The maximum Gasteiger partial charge on any atom is 0.269 e. The maximum absolute atomic E-state index is 12.6. The van der Waals surface area contributed by atoms with E-state index in [1.54, 1.807) is 48.5 Å². The summed E-state index contributed by atoms with van der Waals surface area (Å²) in [6, 6.07) is 18.1. The SMILES string of the molecule is CN(CCCN1C(=O)c2ccccc2C1=O)c1ccc(NS(=O)(=O)c2ccc([N+](=O)[O-])cc2)cc1. The molecule has 1 heterocycles. The number of nitrogens with zero attached hydrogens (tertiary/aromatic N) is 3. The third kappa shape index (κ3) is 4.99. The third-order valence-electron chi connectivity index (χ3n) is 5.67. The summed E-state index contributed by atoms with van der Waals surface area (Å²) < 4.78 is 27.6. The van der Waals surface area contributed by atoms with Gasteiger partial charge < -0.3 is 4.90 Å². The van der Waals surface area contributed by atoms with E-state index in [0.717, 1.165) is 17.8 Å². The molecule has 4 rings (SSSR count). The predicted octanol–water partition coefficient (Wildman–Crippen LogP) is 3.52. The molecule has 11 heteroatoms. The zero-order valence-corrected chi connectivity index (χ0v) is 19.6. The summed E-state index contributed by atoms with van der Waals surface area (Å²) >= 11 is 0. The topological polar surface area (TPSA) is 130 Å². The summed E-state index contributed by atoms with van der Waals surface area (Å²) in [5.74, 6) is -0.559. The van der Waals surface area contributed by atoms with E-state index in [9.17, 15) is 28.1 Å². The molecule has 1 N–H and O–H groups in total. The standard InChI is InChI=1S/C24H22N4O6S/c1-26(15-4-16-27-23(29)21-5-2-3-6-22(21)24(27)30)18-9-7-17(8-10-18)25-35(33,34)20-13-11-19(12-14-20)28(31)32/h2-3,5-14,25H,4,15-16H2,1H3. The summed E-state index contributed by atoms with van der Waals surface area (Å²) in [5.41, 5.74) is 1.83. The van der Waals surface area contributed by atoms with Crippen LogP contribution in [0.1, 0.15) is 27.1 Å². The number of nitrogens with one attached hydrogen (secondary N) is 1. The van der Waals surface area contributed by atoms with Crippen LogP contribution in [0.2, 0.25) is 0 Å². The molecular weight excluding hydrogens is 472 g/mol. The number of hydrogen-bond acceptors (Lipinski definition) is 7. The van der Waals surface area contributed by atoms with Crippen LogP contribution in [0, 0.1) is 10.1 Å². The van der Waals surface area contributed by atoms with Crippen molar-refractivity contribution < 1.29 is 22.9 Å². The summed E-state index contributed by atoms with van der Waals surface area (Å²) in [4.78, 5) is 38.2. The van der Waals surface area contributed by atoms with Gasteiger partial charge in [0, 0.05) is 43.6 Å². The molecule has 0 aromatic heterocycles. The molecule has 0 saturated carbocycles. The largest absolute Gasteiger partial charge is 0.375 e. The van der Waals surface area contributed by atoms with Gasteiger partial charge in [-0.1, -0.05) is 12.1 Å². The molecule has 0 saturated heterocycles. The lowest BCUT2D eigenvalue weighted by Gasteiger charge is -2.21. The third-order valence-corrected chi connectivity index (χ3v) is 7.07. The van der Waals surface area contributed by atoms with E-state index >= 15 is 0 Å². The molecule has 0 unspecified atom stereocenters. The normalized spacial score (nSPS) is 13.0. The van der Waals surface area contributed by atoms with Crippen molar-refractivity contribution in [1.29, 1.82) is 0 Å². The highest BCUT2D eigenvalue weighted by Gasteiger charge is 2.34. The number of carbonyl (C=O) groups excluding carboxylic acids is 2. The Hall–Kier alpha value is -4.25. The van der Waals surface area contributed by atoms with E-state index in [4.69, 9.17) is 0 Å². The van der Waals surface area contributed by atoms with Crippen LogP contribution in [0.3, 0.4) is 0 Å². The lowest BCUT2D eigenvalue weighted by Crippen LogP contribution is -2.32. The van der Waals surface area contributed by atoms with Crippen molar-refractivity contribution in [2.75, 3.05) is 29.8 Å². The van der Waals surface area contributed by atoms with Crippen LogP contribution >= 0.6 is 0 Å². The Labute approximate surface area is 202 Å². The average molecular weight is 495 g/mol. The Kier molecular flexibility index (Phi) is 6.52. The summed E-state index contributed by atoms with van der Waals surface area (Å²) in [6.07, 6.45) is 0.566. The van der Waals surface area contributed by atoms with Crippen LogP contribution < -0.4 is 9.62 Å². The Morgan fingerprint density at radius 2 is 1.49 bits per heavy atom. The molecule has 180 valence electrons. The Morgan fingerprint density at radius 1 is 0.914 bits per heavy atom. The molecule has 2 amide bonds. The first-order valence-corrected chi connectivity index (χ1v) is 12.2. The number of anilines is 2. The zero-order chi connectivity index (χ0) is 25.2.